The number of anilines is 2. The Morgan fingerprint density at radius 3 is 2.50 bits per heavy atom. The van der Waals surface area contributed by atoms with Gasteiger partial charge in [-0.05, 0) is 48.4 Å². The molecule has 3 aromatic rings. The second-order valence-electron chi connectivity index (χ2n) is 6.25. The quantitative estimate of drug-likeness (QED) is 0.710. The highest BCUT2D eigenvalue weighted by molar-refractivity contribution is 5.92. The number of hydrogen-bond donors (Lipinski definition) is 1. The summed E-state index contributed by atoms with van der Waals surface area (Å²) in [5.41, 5.74) is 3.33. The largest absolute Gasteiger partial charge is 0.452 e. The number of aryl methyl sites for hydroxylation is 1. The van der Waals surface area contributed by atoms with Gasteiger partial charge >= 0.3 is 6.09 Å². The number of methoxy groups -OCH3 is 1. The van der Waals surface area contributed by atoms with E-state index in [1.807, 2.05) is 36.5 Å². The van der Waals surface area contributed by atoms with Gasteiger partial charge in [-0.25, -0.2) is 9.48 Å². The Hall–Kier alpha value is -3.61. The van der Waals surface area contributed by atoms with Crippen molar-refractivity contribution < 1.29 is 14.3 Å². The molecular formula is C21H22N4O3. The molecule has 0 spiro atoms. The van der Waals surface area contributed by atoms with Crippen molar-refractivity contribution in [3.63, 3.8) is 0 Å². The lowest BCUT2D eigenvalue weighted by molar-refractivity contribution is -0.116. The number of nitrogens with zero attached hydrogens (tertiary/aromatic N) is 3. The second kappa shape index (κ2) is 8.85. The summed E-state index contributed by atoms with van der Waals surface area (Å²) in [5.74, 6) is -0.0819. The molecule has 2 aromatic carbocycles. The third kappa shape index (κ3) is 4.76. The first kappa shape index (κ1) is 19.2. The van der Waals surface area contributed by atoms with Crippen LogP contribution in [0.25, 0.3) is 5.69 Å². The van der Waals surface area contributed by atoms with E-state index in [1.54, 1.807) is 42.2 Å². The summed E-state index contributed by atoms with van der Waals surface area (Å²) >= 11 is 0. The fourth-order valence-electron chi connectivity index (χ4n) is 2.70. The number of rotatable bonds is 6. The van der Waals surface area contributed by atoms with Gasteiger partial charge in [-0.15, -0.1) is 0 Å². The SMILES string of the molecule is COC(=O)N(C)c1ccc(NC(=O)CCc2cnn(-c3ccccc3)c2)cc1. The number of benzene rings is 2. The number of carbonyl (C=O) groups excluding carboxylic acids is 2. The fraction of sp³-hybridized carbons (Fsp3) is 0.190. The lowest BCUT2D eigenvalue weighted by Gasteiger charge is -2.15. The zero-order valence-electron chi connectivity index (χ0n) is 15.8. The van der Waals surface area contributed by atoms with Gasteiger partial charge in [0.15, 0.2) is 0 Å². The Balaban J connectivity index is 1.52. The minimum atomic E-state index is -0.451. The zero-order chi connectivity index (χ0) is 19.9. The molecule has 1 N–H and O–H groups in total. The van der Waals surface area contributed by atoms with Crippen molar-refractivity contribution in [2.24, 2.45) is 0 Å². The number of hydrogen-bond acceptors (Lipinski definition) is 4. The lowest BCUT2D eigenvalue weighted by Crippen LogP contribution is -2.25. The highest BCUT2D eigenvalue weighted by Crippen LogP contribution is 2.18. The third-order valence-corrected chi connectivity index (χ3v) is 4.28. The molecule has 0 bridgehead atoms. The molecule has 0 saturated heterocycles. The van der Waals surface area contributed by atoms with Crippen molar-refractivity contribution in [1.82, 2.24) is 9.78 Å². The number of ether oxygens (including phenoxy) is 1. The van der Waals surface area contributed by atoms with Crippen LogP contribution in [0.3, 0.4) is 0 Å². The molecule has 0 saturated carbocycles. The van der Waals surface area contributed by atoms with Gasteiger partial charge in [0.05, 0.1) is 19.0 Å². The third-order valence-electron chi connectivity index (χ3n) is 4.28. The van der Waals surface area contributed by atoms with Gasteiger partial charge in [0.1, 0.15) is 0 Å². The predicted octanol–water partition coefficient (Wildman–Crippen LogP) is 3.65. The first-order valence-corrected chi connectivity index (χ1v) is 8.87. The normalized spacial score (nSPS) is 10.4. The van der Waals surface area contributed by atoms with E-state index < -0.39 is 6.09 Å². The van der Waals surface area contributed by atoms with Crippen LogP contribution in [0.2, 0.25) is 0 Å². The van der Waals surface area contributed by atoms with Crippen LogP contribution in [-0.2, 0) is 16.0 Å². The van der Waals surface area contributed by atoms with Crippen molar-refractivity contribution in [1.29, 1.82) is 0 Å². The van der Waals surface area contributed by atoms with Crippen LogP contribution in [0.1, 0.15) is 12.0 Å². The molecule has 3 rings (SSSR count). The fourth-order valence-corrected chi connectivity index (χ4v) is 2.70. The van der Waals surface area contributed by atoms with E-state index >= 15 is 0 Å². The monoisotopic (exact) mass is 378 g/mol. The minimum absolute atomic E-state index is 0.0819. The number of aromatic nitrogens is 2. The molecule has 1 heterocycles. The summed E-state index contributed by atoms with van der Waals surface area (Å²) in [7, 11) is 2.95. The first-order chi connectivity index (χ1) is 13.6. The number of para-hydroxylation sites is 1. The Labute approximate surface area is 163 Å². The topological polar surface area (TPSA) is 76.5 Å². The van der Waals surface area contributed by atoms with E-state index in [4.69, 9.17) is 0 Å². The van der Waals surface area contributed by atoms with E-state index in [1.165, 1.54) is 12.0 Å². The number of carbonyl (C=O) groups is 2. The molecule has 1 aromatic heterocycles. The summed E-state index contributed by atoms with van der Waals surface area (Å²) in [5, 5.41) is 7.20. The Kier molecular flexibility index (Phi) is 6.06. The summed E-state index contributed by atoms with van der Waals surface area (Å²) in [6.07, 6.45) is 4.21. The number of nitrogens with one attached hydrogen (secondary N) is 1. The molecule has 7 heteroatoms. The zero-order valence-corrected chi connectivity index (χ0v) is 15.8. The van der Waals surface area contributed by atoms with Crippen molar-refractivity contribution in [2.45, 2.75) is 12.8 Å². The Morgan fingerprint density at radius 1 is 1.11 bits per heavy atom. The Morgan fingerprint density at radius 2 is 1.82 bits per heavy atom. The maximum absolute atomic E-state index is 12.2. The molecule has 0 aliphatic rings. The standard InChI is InChI=1S/C21H22N4O3/c1-24(21(27)28-2)18-11-9-17(10-12-18)23-20(26)13-8-16-14-22-25(15-16)19-6-4-3-5-7-19/h3-7,9-12,14-15H,8,13H2,1-2H3,(H,23,26). The van der Waals surface area contributed by atoms with Crippen molar-refractivity contribution in [3.8, 4) is 5.69 Å². The molecule has 0 aliphatic carbocycles. The molecule has 0 unspecified atom stereocenters. The van der Waals surface area contributed by atoms with E-state index in [2.05, 4.69) is 15.2 Å². The molecule has 0 aliphatic heterocycles. The highest BCUT2D eigenvalue weighted by atomic mass is 16.5. The lowest BCUT2D eigenvalue weighted by atomic mass is 10.2. The first-order valence-electron chi connectivity index (χ1n) is 8.87. The van der Waals surface area contributed by atoms with Crippen LogP contribution < -0.4 is 10.2 Å². The Bertz CT molecular complexity index is 936. The molecule has 0 atom stereocenters. The van der Waals surface area contributed by atoms with Gasteiger partial charge in [-0.2, -0.15) is 5.10 Å². The smallest absolute Gasteiger partial charge is 0.413 e. The van der Waals surface area contributed by atoms with Gasteiger partial charge in [0.25, 0.3) is 0 Å². The highest BCUT2D eigenvalue weighted by Gasteiger charge is 2.11. The van der Waals surface area contributed by atoms with Crippen LogP contribution >= 0.6 is 0 Å². The summed E-state index contributed by atoms with van der Waals surface area (Å²) in [4.78, 5) is 25.1. The van der Waals surface area contributed by atoms with Crippen LogP contribution in [0.5, 0.6) is 0 Å². The van der Waals surface area contributed by atoms with E-state index in [0.29, 0.717) is 24.2 Å². The molecule has 144 valence electrons. The molecule has 2 amide bonds. The maximum atomic E-state index is 12.2. The van der Waals surface area contributed by atoms with Gasteiger partial charge in [0, 0.05) is 31.0 Å². The molecule has 28 heavy (non-hydrogen) atoms. The van der Waals surface area contributed by atoms with Gasteiger partial charge in [0.2, 0.25) is 5.91 Å². The van der Waals surface area contributed by atoms with Crippen LogP contribution in [-0.4, -0.2) is 35.9 Å². The van der Waals surface area contributed by atoms with E-state index in [0.717, 1.165) is 11.3 Å². The van der Waals surface area contributed by atoms with E-state index in [-0.39, 0.29) is 5.91 Å². The molecule has 0 radical (unpaired) electrons. The summed E-state index contributed by atoms with van der Waals surface area (Å²) in [6, 6.07) is 16.8. The van der Waals surface area contributed by atoms with Crippen LogP contribution in [0.15, 0.2) is 67.0 Å². The van der Waals surface area contributed by atoms with Crippen molar-refractivity contribution >= 4 is 23.4 Å². The summed E-state index contributed by atoms with van der Waals surface area (Å²) in [6.45, 7) is 0. The van der Waals surface area contributed by atoms with Crippen LogP contribution in [0.4, 0.5) is 16.2 Å². The maximum Gasteiger partial charge on any atom is 0.413 e. The van der Waals surface area contributed by atoms with Gasteiger partial charge in [-0.3, -0.25) is 9.69 Å². The summed E-state index contributed by atoms with van der Waals surface area (Å²) < 4.78 is 6.47. The van der Waals surface area contributed by atoms with Crippen molar-refractivity contribution in [3.05, 3.63) is 72.6 Å². The average molecular weight is 378 g/mol. The number of amides is 2. The minimum Gasteiger partial charge on any atom is -0.452 e. The van der Waals surface area contributed by atoms with Crippen molar-refractivity contribution in [2.75, 3.05) is 24.4 Å². The average Bonchev–Trinajstić information content (AvgIpc) is 3.21. The van der Waals surface area contributed by atoms with E-state index in [9.17, 15) is 9.59 Å². The molecular weight excluding hydrogens is 356 g/mol. The molecule has 0 fully saturated rings. The van der Waals surface area contributed by atoms with Gasteiger partial charge in [-0.1, -0.05) is 18.2 Å². The predicted molar refractivity (Wildman–Crippen MR) is 108 cm³/mol. The second-order valence-corrected chi connectivity index (χ2v) is 6.25. The van der Waals surface area contributed by atoms with Gasteiger partial charge < -0.3 is 10.1 Å². The van der Waals surface area contributed by atoms with Crippen LogP contribution in [0, 0.1) is 0 Å². The molecule has 7 nitrogen and oxygen atoms in total.